The molecular weight excluding hydrogens is 388 g/mol. The first-order chi connectivity index (χ1) is 12.9. The lowest BCUT2D eigenvalue weighted by Gasteiger charge is -2.33. The Morgan fingerprint density at radius 2 is 1.96 bits per heavy atom. The van der Waals surface area contributed by atoms with Gasteiger partial charge in [0.25, 0.3) is 0 Å². The number of halogens is 6. The molecule has 3 rings (SSSR count). The van der Waals surface area contributed by atoms with Gasteiger partial charge in [-0.3, -0.25) is 4.79 Å². The van der Waals surface area contributed by atoms with Gasteiger partial charge in [-0.2, -0.15) is 26.3 Å². The van der Waals surface area contributed by atoms with Crippen LogP contribution in [0, 0.1) is 11.8 Å². The summed E-state index contributed by atoms with van der Waals surface area (Å²) in [7, 11) is 0. The minimum absolute atomic E-state index is 0.0568. The fourth-order valence-corrected chi connectivity index (χ4v) is 4.29. The number of amides is 1. The van der Waals surface area contributed by atoms with Crippen molar-refractivity contribution in [3.8, 4) is 0 Å². The Morgan fingerprint density at radius 1 is 1.25 bits per heavy atom. The van der Waals surface area contributed by atoms with Gasteiger partial charge in [0, 0.05) is 31.0 Å². The number of carbonyl (C=O) groups excluding carboxylic acids is 1. The molecule has 1 aliphatic heterocycles. The summed E-state index contributed by atoms with van der Waals surface area (Å²) in [5.41, 5.74) is -1.64. The van der Waals surface area contributed by atoms with Gasteiger partial charge in [-0.25, -0.2) is 4.98 Å². The lowest BCUT2D eigenvalue weighted by atomic mass is 9.86. The van der Waals surface area contributed by atoms with Crippen LogP contribution in [-0.2, 0) is 11.0 Å². The van der Waals surface area contributed by atoms with Gasteiger partial charge in [-0.1, -0.05) is 6.07 Å². The minimum atomic E-state index is -4.54. The highest BCUT2D eigenvalue weighted by Crippen LogP contribution is 2.46. The van der Waals surface area contributed by atoms with E-state index >= 15 is 0 Å². The van der Waals surface area contributed by atoms with Gasteiger partial charge in [-0.15, -0.1) is 0 Å². The summed E-state index contributed by atoms with van der Waals surface area (Å²) >= 11 is 0. The van der Waals surface area contributed by atoms with Crippen LogP contribution in [0.1, 0.15) is 38.3 Å². The highest BCUT2D eigenvalue weighted by molar-refractivity contribution is 5.77. The Kier molecular flexibility index (Phi) is 5.26. The van der Waals surface area contributed by atoms with Crippen LogP contribution in [0.5, 0.6) is 0 Å². The van der Waals surface area contributed by atoms with E-state index in [0.717, 1.165) is 12.5 Å². The molecule has 2 heterocycles. The van der Waals surface area contributed by atoms with Crippen molar-refractivity contribution >= 4 is 11.7 Å². The third kappa shape index (κ3) is 4.52. The minimum Gasteiger partial charge on any atom is -0.356 e. The largest absolute Gasteiger partial charge is 0.433 e. The molecule has 1 N–H and O–H groups in total. The molecule has 3 atom stereocenters. The maximum Gasteiger partial charge on any atom is 0.433 e. The van der Waals surface area contributed by atoms with Gasteiger partial charge >= 0.3 is 12.4 Å². The molecule has 0 aromatic carbocycles. The Morgan fingerprint density at radius 3 is 2.61 bits per heavy atom. The van der Waals surface area contributed by atoms with E-state index in [4.69, 9.17) is 0 Å². The molecule has 0 unspecified atom stereocenters. The number of fused-ring (bicyclic) bond motifs is 1. The molecule has 1 aromatic heterocycles. The van der Waals surface area contributed by atoms with Crippen LogP contribution in [0.15, 0.2) is 18.2 Å². The summed E-state index contributed by atoms with van der Waals surface area (Å²) in [6, 6.07) is 3.72. The Balaban J connectivity index is 1.67. The van der Waals surface area contributed by atoms with Crippen molar-refractivity contribution in [3.05, 3.63) is 23.9 Å². The molecule has 28 heavy (non-hydrogen) atoms. The van der Waals surface area contributed by atoms with Crippen molar-refractivity contribution in [2.75, 3.05) is 18.0 Å². The number of alkyl halides is 6. The third-order valence-corrected chi connectivity index (χ3v) is 5.70. The highest BCUT2D eigenvalue weighted by atomic mass is 19.4. The summed E-state index contributed by atoms with van der Waals surface area (Å²) in [5.74, 6) is -0.353. The lowest BCUT2D eigenvalue weighted by molar-refractivity contribution is -0.145. The molecule has 1 amide bonds. The Labute approximate surface area is 158 Å². The fraction of sp³-hybridized carbons (Fsp3) is 0.667. The fourth-order valence-electron chi connectivity index (χ4n) is 4.29. The molecule has 1 aromatic rings. The average molecular weight is 409 g/mol. The van der Waals surface area contributed by atoms with E-state index in [2.05, 4.69) is 10.3 Å². The molecule has 4 nitrogen and oxygen atoms in total. The predicted octanol–water partition coefficient (Wildman–Crippen LogP) is 4.16. The number of pyridine rings is 1. The number of hydrogen-bond donors (Lipinski definition) is 1. The number of aromatic nitrogens is 1. The highest BCUT2D eigenvalue weighted by Gasteiger charge is 2.51. The van der Waals surface area contributed by atoms with E-state index in [1.165, 1.54) is 12.1 Å². The Hall–Kier alpha value is -2.00. The van der Waals surface area contributed by atoms with Crippen LogP contribution in [0.4, 0.5) is 32.2 Å². The number of anilines is 1. The van der Waals surface area contributed by atoms with Crippen LogP contribution in [-0.4, -0.2) is 35.7 Å². The third-order valence-electron chi connectivity index (χ3n) is 5.70. The van der Waals surface area contributed by atoms with Crippen molar-refractivity contribution in [2.45, 2.75) is 50.5 Å². The van der Waals surface area contributed by atoms with Gasteiger partial charge in [0.1, 0.15) is 11.5 Å². The zero-order valence-electron chi connectivity index (χ0n) is 15.2. The van der Waals surface area contributed by atoms with Crippen LogP contribution in [0.2, 0.25) is 0 Å². The topological polar surface area (TPSA) is 45.2 Å². The monoisotopic (exact) mass is 409 g/mol. The van der Waals surface area contributed by atoms with Gasteiger partial charge in [0.05, 0.1) is 6.42 Å². The quantitative estimate of drug-likeness (QED) is 0.760. The maximum absolute atomic E-state index is 12.9. The molecule has 0 radical (unpaired) electrons. The van der Waals surface area contributed by atoms with E-state index in [0.29, 0.717) is 19.5 Å². The number of hydrogen-bond acceptors (Lipinski definition) is 3. The van der Waals surface area contributed by atoms with E-state index in [1.807, 2.05) is 0 Å². The first-order valence-corrected chi connectivity index (χ1v) is 9.04. The number of nitrogens with zero attached hydrogens (tertiary/aromatic N) is 2. The van der Waals surface area contributed by atoms with Gasteiger partial charge in [-0.05, 0) is 37.8 Å². The molecule has 0 spiro atoms. The standard InChI is InChI=1S/C18H21F6N3O/c1-16(26-15(28)6-8-17(19,20)21)7-5-11-9-27(10-12(11)16)14-4-2-3-13(25-14)18(22,23)24/h2-4,11-12H,5-10H2,1H3,(H,26,28)/t11-,12+,16+/m1/s1. The average Bonchev–Trinajstić information content (AvgIpc) is 3.13. The summed E-state index contributed by atoms with van der Waals surface area (Å²) in [6.07, 6.45) is -9.36. The zero-order chi connectivity index (χ0) is 20.7. The van der Waals surface area contributed by atoms with E-state index in [9.17, 15) is 31.1 Å². The molecule has 10 heteroatoms. The van der Waals surface area contributed by atoms with Crippen LogP contribution < -0.4 is 10.2 Å². The summed E-state index contributed by atoms with van der Waals surface area (Å²) in [4.78, 5) is 17.4. The van der Waals surface area contributed by atoms with Crippen LogP contribution in [0.25, 0.3) is 0 Å². The summed E-state index contributed by atoms with van der Waals surface area (Å²) in [6.45, 7) is 2.70. The summed E-state index contributed by atoms with van der Waals surface area (Å²) in [5, 5.41) is 2.74. The van der Waals surface area contributed by atoms with Crippen molar-refractivity contribution in [1.29, 1.82) is 0 Å². The van der Waals surface area contributed by atoms with E-state index in [-0.39, 0.29) is 17.7 Å². The lowest BCUT2D eigenvalue weighted by Crippen LogP contribution is -2.50. The second kappa shape index (κ2) is 7.11. The Bertz CT molecular complexity index is 735. The molecule has 0 bridgehead atoms. The smallest absolute Gasteiger partial charge is 0.356 e. The normalized spacial score (nSPS) is 27.8. The van der Waals surface area contributed by atoms with Crippen LogP contribution >= 0.6 is 0 Å². The molecule has 1 saturated heterocycles. The molecule has 1 aliphatic carbocycles. The number of nitrogens with one attached hydrogen (secondary N) is 1. The SMILES string of the molecule is C[C@]1(NC(=O)CCC(F)(F)F)CC[C@@H]2CN(c3cccc(C(F)(F)F)n3)C[C@@H]21. The van der Waals surface area contributed by atoms with Crippen molar-refractivity contribution < 1.29 is 31.1 Å². The van der Waals surface area contributed by atoms with Gasteiger partial charge < -0.3 is 10.2 Å². The molecule has 2 fully saturated rings. The first kappa shape index (κ1) is 20.7. The van der Waals surface area contributed by atoms with Crippen LogP contribution in [0.3, 0.4) is 0 Å². The first-order valence-electron chi connectivity index (χ1n) is 9.04. The molecule has 2 aliphatic rings. The number of carbonyl (C=O) groups is 1. The second-order valence-corrected chi connectivity index (χ2v) is 7.77. The summed E-state index contributed by atoms with van der Waals surface area (Å²) < 4.78 is 75.7. The molecular formula is C18H21F6N3O. The van der Waals surface area contributed by atoms with Crippen molar-refractivity contribution in [3.63, 3.8) is 0 Å². The second-order valence-electron chi connectivity index (χ2n) is 7.77. The van der Waals surface area contributed by atoms with Crippen molar-refractivity contribution in [1.82, 2.24) is 10.3 Å². The van der Waals surface area contributed by atoms with Gasteiger partial charge in [0.15, 0.2) is 0 Å². The van der Waals surface area contributed by atoms with Crippen molar-refractivity contribution in [2.24, 2.45) is 11.8 Å². The van der Waals surface area contributed by atoms with Gasteiger partial charge in [0.2, 0.25) is 5.91 Å². The van der Waals surface area contributed by atoms with E-state index < -0.39 is 42.3 Å². The number of rotatable bonds is 4. The predicted molar refractivity (Wildman–Crippen MR) is 89.5 cm³/mol. The zero-order valence-corrected chi connectivity index (χ0v) is 15.2. The molecule has 156 valence electrons. The van der Waals surface area contributed by atoms with E-state index in [1.54, 1.807) is 11.8 Å². The maximum atomic E-state index is 12.9. The molecule has 1 saturated carbocycles.